The van der Waals surface area contributed by atoms with E-state index in [4.69, 9.17) is 4.74 Å². The first-order valence-corrected chi connectivity index (χ1v) is 10.3. The van der Waals surface area contributed by atoms with Crippen LogP contribution in [0.2, 0.25) is 0 Å². The third-order valence-electron chi connectivity index (χ3n) is 4.13. The van der Waals surface area contributed by atoms with Gasteiger partial charge in [-0.25, -0.2) is 27.3 Å². The van der Waals surface area contributed by atoms with Crippen molar-refractivity contribution in [2.75, 3.05) is 18.8 Å². The van der Waals surface area contributed by atoms with Crippen LogP contribution < -0.4 is 4.74 Å². The maximum atomic E-state index is 11.7. The fraction of sp³-hybridized carbons (Fsp3) is 0.412. The van der Waals surface area contributed by atoms with Gasteiger partial charge >= 0.3 is 6.01 Å². The molecule has 0 amide bonds. The Hall–Kier alpha value is -2.59. The summed E-state index contributed by atoms with van der Waals surface area (Å²) >= 11 is 0. The molecule has 1 aromatic carbocycles. The molecular formula is C17H21N5O4S. The van der Waals surface area contributed by atoms with Gasteiger partial charge in [0.1, 0.15) is 17.1 Å². The van der Waals surface area contributed by atoms with Crippen molar-refractivity contribution in [2.45, 2.75) is 25.9 Å². The molecule has 0 unspecified atom stereocenters. The molecule has 0 radical (unpaired) electrons. The number of ether oxygens (including phenoxy) is 1. The molecule has 1 aliphatic rings. The maximum Gasteiger partial charge on any atom is 0.316 e. The molecule has 1 saturated heterocycles. The zero-order chi connectivity index (χ0) is 19.1. The Labute approximate surface area is 157 Å². The second-order valence-electron chi connectivity index (χ2n) is 5.90. The largest absolute Gasteiger partial charge is 0.460 e. The topological polar surface area (TPSA) is 111 Å². The van der Waals surface area contributed by atoms with Gasteiger partial charge in [-0.2, -0.15) is 0 Å². The van der Waals surface area contributed by atoms with E-state index in [9.17, 15) is 8.42 Å². The summed E-state index contributed by atoms with van der Waals surface area (Å²) in [5.74, 6) is 0.153. The van der Waals surface area contributed by atoms with E-state index in [0.717, 1.165) is 11.0 Å². The highest BCUT2D eigenvalue weighted by Crippen LogP contribution is 2.18. The van der Waals surface area contributed by atoms with Crippen LogP contribution in [0.3, 0.4) is 0 Å². The quantitative estimate of drug-likeness (QED) is 0.663. The third-order valence-corrected chi connectivity index (χ3v) is 6.01. The molecule has 1 fully saturated rings. The average Bonchev–Trinajstić information content (AvgIpc) is 3.19. The molecule has 4 rings (SSSR count). The minimum absolute atomic E-state index is 0.00398. The summed E-state index contributed by atoms with van der Waals surface area (Å²) in [6.45, 7) is 2.68. The van der Waals surface area contributed by atoms with Crippen molar-refractivity contribution in [3.8, 4) is 6.01 Å². The predicted octanol–water partition coefficient (Wildman–Crippen LogP) is 1.89. The standard InChI is InChI=1S/C11H17N3O3S.C6H4N2O/c1-2-18(15,16)14-8-4-10(5-9-14)17-11-12-6-3-7-13-11;1-2-4-6-5(3-1)7-9-8-6/h3,6-7,10H,2,4-5,8-9H2,1H3;1-4H. The molecule has 2 aromatic heterocycles. The molecule has 144 valence electrons. The van der Waals surface area contributed by atoms with Gasteiger partial charge in [0, 0.05) is 25.5 Å². The third kappa shape index (κ3) is 5.20. The van der Waals surface area contributed by atoms with E-state index in [2.05, 4.69) is 24.9 Å². The van der Waals surface area contributed by atoms with Gasteiger partial charge in [0.2, 0.25) is 10.0 Å². The van der Waals surface area contributed by atoms with Crippen molar-refractivity contribution in [1.82, 2.24) is 24.6 Å². The number of piperidine rings is 1. The van der Waals surface area contributed by atoms with Gasteiger partial charge in [0.05, 0.1) is 5.75 Å². The van der Waals surface area contributed by atoms with Gasteiger partial charge < -0.3 is 4.74 Å². The summed E-state index contributed by atoms with van der Waals surface area (Å²) in [7, 11) is -3.07. The number of sulfonamides is 1. The summed E-state index contributed by atoms with van der Waals surface area (Å²) in [6, 6.07) is 9.58. The number of aromatic nitrogens is 4. The highest BCUT2D eigenvalue weighted by Gasteiger charge is 2.27. The zero-order valence-electron chi connectivity index (χ0n) is 14.9. The molecule has 10 heteroatoms. The Bertz CT molecular complexity index is 910. The Morgan fingerprint density at radius 2 is 1.67 bits per heavy atom. The molecule has 0 saturated carbocycles. The van der Waals surface area contributed by atoms with Gasteiger partial charge in [-0.1, -0.05) is 12.1 Å². The molecule has 0 spiro atoms. The number of hydrogen-bond acceptors (Lipinski definition) is 8. The van der Waals surface area contributed by atoms with E-state index in [1.165, 1.54) is 4.31 Å². The lowest BCUT2D eigenvalue weighted by molar-refractivity contribution is 0.124. The first-order valence-electron chi connectivity index (χ1n) is 8.67. The van der Waals surface area contributed by atoms with Crippen molar-refractivity contribution in [3.05, 3.63) is 42.7 Å². The van der Waals surface area contributed by atoms with E-state index in [1.807, 2.05) is 24.3 Å². The van der Waals surface area contributed by atoms with Crippen molar-refractivity contribution in [2.24, 2.45) is 0 Å². The van der Waals surface area contributed by atoms with Crippen LogP contribution in [0.1, 0.15) is 19.8 Å². The number of fused-ring (bicyclic) bond motifs is 1. The van der Waals surface area contributed by atoms with Crippen LogP contribution >= 0.6 is 0 Å². The molecular weight excluding hydrogens is 370 g/mol. The van der Waals surface area contributed by atoms with Gasteiger partial charge in [-0.15, -0.1) is 0 Å². The van der Waals surface area contributed by atoms with Crippen LogP contribution in [0.25, 0.3) is 11.0 Å². The summed E-state index contributed by atoms with van der Waals surface area (Å²) in [5, 5.41) is 7.27. The first kappa shape index (κ1) is 19.2. The molecule has 0 bridgehead atoms. The Kier molecular flexibility index (Phi) is 6.30. The lowest BCUT2D eigenvalue weighted by Crippen LogP contribution is -2.42. The molecule has 27 heavy (non-hydrogen) atoms. The zero-order valence-corrected chi connectivity index (χ0v) is 15.7. The van der Waals surface area contributed by atoms with Crippen LogP contribution in [-0.4, -0.2) is 58.0 Å². The van der Waals surface area contributed by atoms with Crippen molar-refractivity contribution in [3.63, 3.8) is 0 Å². The fourth-order valence-corrected chi connectivity index (χ4v) is 3.77. The molecule has 0 N–H and O–H groups in total. The van der Waals surface area contributed by atoms with Gasteiger partial charge in [-0.3, -0.25) is 0 Å². The van der Waals surface area contributed by atoms with E-state index >= 15 is 0 Å². The Morgan fingerprint density at radius 3 is 2.22 bits per heavy atom. The summed E-state index contributed by atoms with van der Waals surface area (Å²) in [4.78, 5) is 7.98. The lowest BCUT2D eigenvalue weighted by atomic mass is 10.1. The fourth-order valence-electron chi connectivity index (χ4n) is 2.63. The second kappa shape index (κ2) is 8.87. The van der Waals surface area contributed by atoms with Crippen LogP contribution in [0.4, 0.5) is 0 Å². The molecule has 0 aliphatic carbocycles. The van der Waals surface area contributed by atoms with Crippen LogP contribution in [0.15, 0.2) is 47.4 Å². The summed E-state index contributed by atoms with van der Waals surface area (Å²) < 4.78 is 35.0. The monoisotopic (exact) mass is 391 g/mol. The molecule has 9 nitrogen and oxygen atoms in total. The second-order valence-corrected chi connectivity index (χ2v) is 8.16. The molecule has 1 aliphatic heterocycles. The van der Waals surface area contributed by atoms with Gasteiger partial charge in [0.25, 0.3) is 0 Å². The smallest absolute Gasteiger partial charge is 0.316 e. The summed E-state index contributed by atoms with van der Waals surface area (Å²) in [5.41, 5.74) is 1.61. The Balaban J connectivity index is 0.000000193. The van der Waals surface area contributed by atoms with Crippen molar-refractivity contribution < 1.29 is 17.8 Å². The highest BCUT2D eigenvalue weighted by atomic mass is 32.2. The summed E-state index contributed by atoms with van der Waals surface area (Å²) in [6.07, 6.45) is 4.60. The van der Waals surface area contributed by atoms with E-state index < -0.39 is 10.0 Å². The number of nitrogens with zero attached hydrogens (tertiary/aromatic N) is 5. The van der Waals surface area contributed by atoms with Crippen LogP contribution in [0.5, 0.6) is 6.01 Å². The number of hydrogen-bond donors (Lipinski definition) is 0. The van der Waals surface area contributed by atoms with Crippen LogP contribution in [0, 0.1) is 0 Å². The van der Waals surface area contributed by atoms with Crippen molar-refractivity contribution in [1.29, 1.82) is 0 Å². The molecule has 3 heterocycles. The minimum Gasteiger partial charge on any atom is -0.460 e. The van der Waals surface area contributed by atoms with Crippen LogP contribution in [-0.2, 0) is 10.0 Å². The highest BCUT2D eigenvalue weighted by molar-refractivity contribution is 7.89. The SMILES string of the molecule is CCS(=O)(=O)N1CCC(Oc2ncccn2)CC1.c1ccc2nonc2c1. The first-order chi connectivity index (χ1) is 13.1. The molecule has 0 atom stereocenters. The Morgan fingerprint density at radius 1 is 1.07 bits per heavy atom. The number of rotatable bonds is 4. The van der Waals surface area contributed by atoms with Gasteiger partial charge in [0.15, 0.2) is 0 Å². The average molecular weight is 391 g/mol. The number of benzene rings is 1. The van der Waals surface area contributed by atoms with E-state index in [0.29, 0.717) is 31.9 Å². The lowest BCUT2D eigenvalue weighted by Gasteiger charge is -2.30. The van der Waals surface area contributed by atoms with Gasteiger partial charge in [-0.05, 0) is 48.3 Å². The molecule has 3 aromatic rings. The predicted molar refractivity (Wildman–Crippen MR) is 98.5 cm³/mol. The normalized spacial score (nSPS) is 15.9. The minimum atomic E-state index is -3.07. The maximum absolute atomic E-state index is 11.7. The van der Waals surface area contributed by atoms with E-state index in [-0.39, 0.29) is 11.9 Å². The van der Waals surface area contributed by atoms with E-state index in [1.54, 1.807) is 25.4 Å². The van der Waals surface area contributed by atoms with Crippen molar-refractivity contribution >= 4 is 21.1 Å².